The number of carboxylic acid groups (broad SMARTS) is 1. The Kier molecular flexibility index (Phi) is 6.74. The van der Waals surface area contributed by atoms with Crippen molar-refractivity contribution in [3.8, 4) is 0 Å². The van der Waals surface area contributed by atoms with Gasteiger partial charge in [-0.1, -0.05) is 36.3 Å². The summed E-state index contributed by atoms with van der Waals surface area (Å²) >= 11 is 1.20. The maximum absolute atomic E-state index is 12.5. The third-order valence-electron chi connectivity index (χ3n) is 3.61. The Labute approximate surface area is 149 Å². The predicted octanol–water partition coefficient (Wildman–Crippen LogP) is 3.63. The van der Waals surface area contributed by atoms with Crippen molar-refractivity contribution in [1.82, 2.24) is 4.72 Å². The third kappa shape index (κ3) is 5.06. The molecule has 1 unspecified atom stereocenters. The summed E-state index contributed by atoms with van der Waals surface area (Å²) in [4.78, 5) is 12.4. The van der Waals surface area contributed by atoms with Crippen LogP contribution < -0.4 is 4.72 Å². The Morgan fingerprint density at radius 1 is 1.48 bits per heavy atom. The maximum Gasteiger partial charge on any atom is 0.349 e. The van der Waals surface area contributed by atoms with Crippen LogP contribution in [0.25, 0.3) is 0 Å². The first kappa shape index (κ1) is 19.0. The van der Waals surface area contributed by atoms with E-state index in [1.54, 1.807) is 12.1 Å². The van der Waals surface area contributed by atoms with Gasteiger partial charge in [0, 0.05) is 11.0 Å². The van der Waals surface area contributed by atoms with Crippen LogP contribution in [0.5, 0.6) is 0 Å². The van der Waals surface area contributed by atoms with Crippen molar-refractivity contribution < 1.29 is 14.5 Å². The fourth-order valence-corrected chi connectivity index (χ4v) is 6.84. The van der Waals surface area contributed by atoms with E-state index in [1.807, 2.05) is 19.1 Å². The van der Waals surface area contributed by atoms with Gasteiger partial charge in [0.1, 0.15) is 0 Å². The molecular formula is C16H23NO3S3. The molecule has 0 spiro atoms. The highest BCUT2D eigenvalue weighted by Crippen LogP contribution is 2.48. The first-order valence-electron chi connectivity index (χ1n) is 7.64. The molecule has 23 heavy (non-hydrogen) atoms. The summed E-state index contributed by atoms with van der Waals surface area (Å²) in [5.74, 6) is 0.414. The normalized spacial score (nSPS) is 25.7. The van der Waals surface area contributed by atoms with Gasteiger partial charge >= 0.3 is 5.97 Å². The van der Waals surface area contributed by atoms with Gasteiger partial charge in [-0.2, -0.15) is 0 Å². The molecule has 0 bridgehead atoms. The van der Waals surface area contributed by atoms with Crippen LogP contribution in [0.2, 0.25) is 0 Å². The summed E-state index contributed by atoms with van der Waals surface area (Å²) in [6.07, 6.45) is 2.07. The van der Waals surface area contributed by atoms with Gasteiger partial charge in [-0.3, -0.25) is 0 Å². The second-order valence-electron chi connectivity index (χ2n) is 6.13. The fourth-order valence-electron chi connectivity index (χ4n) is 2.23. The Morgan fingerprint density at radius 3 is 2.70 bits per heavy atom. The number of rotatable bonds is 7. The lowest BCUT2D eigenvalue weighted by molar-refractivity contribution is -0.137. The molecule has 0 amide bonds. The maximum atomic E-state index is 12.5. The molecule has 0 aromatic heterocycles. The van der Waals surface area contributed by atoms with E-state index < -0.39 is 21.5 Å². The van der Waals surface area contributed by atoms with Crippen molar-refractivity contribution in [2.45, 2.75) is 48.0 Å². The largest absolute Gasteiger partial charge is 0.593 e. The molecule has 1 aromatic rings. The quantitative estimate of drug-likeness (QED) is 0.711. The second kappa shape index (κ2) is 8.16. The van der Waals surface area contributed by atoms with Crippen LogP contribution in [-0.2, 0) is 16.2 Å². The summed E-state index contributed by atoms with van der Waals surface area (Å²) in [5, 5.41) is 9.94. The van der Waals surface area contributed by atoms with E-state index in [1.165, 1.54) is 23.5 Å². The van der Waals surface area contributed by atoms with Crippen LogP contribution >= 0.6 is 23.5 Å². The predicted molar refractivity (Wildman–Crippen MR) is 99.0 cm³/mol. The lowest BCUT2D eigenvalue weighted by Crippen LogP contribution is -2.48. The van der Waals surface area contributed by atoms with Gasteiger partial charge in [0.25, 0.3) is 4.20 Å². The molecule has 1 aromatic carbocycles. The number of aryl methyl sites for hydroxylation is 1. The van der Waals surface area contributed by atoms with Crippen LogP contribution in [-0.4, -0.2) is 30.8 Å². The molecule has 1 aliphatic heterocycles. The Morgan fingerprint density at radius 2 is 2.13 bits per heavy atom. The zero-order valence-electron chi connectivity index (χ0n) is 13.6. The number of nitrogens with one attached hydrogen (secondary N) is 1. The van der Waals surface area contributed by atoms with Crippen LogP contribution in [0.4, 0.5) is 0 Å². The zero-order valence-corrected chi connectivity index (χ0v) is 16.0. The van der Waals surface area contributed by atoms with Crippen molar-refractivity contribution in [1.29, 1.82) is 0 Å². The lowest BCUT2D eigenvalue weighted by atomic mass is 10.1. The van der Waals surface area contributed by atoms with Crippen molar-refractivity contribution in [2.75, 3.05) is 5.75 Å². The summed E-state index contributed by atoms with van der Waals surface area (Å²) in [6.45, 7) is 6.30. The summed E-state index contributed by atoms with van der Waals surface area (Å²) in [6, 6.07) is 7.30. The van der Waals surface area contributed by atoms with Crippen LogP contribution in [0.3, 0.4) is 0 Å². The first-order valence-corrected chi connectivity index (χ1v) is 10.7. The Balaban J connectivity index is 2.04. The first-order chi connectivity index (χ1) is 10.8. The molecule has 1 fully saturated rings. The molecule has 128 valence electrons. The van der Waals surface area contributed by atoms with Gasteiger partial charge in [-0.15, -0.1) is 23.5 Å². The number of hydrogen-bond acceptors (Lipinski definition) is 5. The van der Waals surface area contributed by atoms with E-state index in [2.05, 4.69) is 18.6 Å². The molecule has 0 radical (unpaired) electrons. The third-order valence-corrected chi connectivity index (χ3v) is 8.51. The van der Waals surface area contributed by atoms with E-state index in [0.29, 0.717) is 10.8 Å². The number of aliphatic carboxylic acids is 1. The summed E-state index contributed by atoms with van der Waals surface area (Å²) in [7, 11) is 0. The highest BCUT2D eigenvalue weighted by Gasteiger charge is 2.51. The smallest absolute Gasteiger partial charge is 0.349 e. The van der Waals surface area contributed by atoms with E-state index >= 15 is 0 Å². The molecular weight excluding hydrogens is 350 g/mol. The van der Waals surface area contributed by atoms with Crippen LogP contribution in [0.1, 0.15) is 32.3 Å². The number of benzene rings is 1. The Bertz CT molecular complexity index is 538. The minimum Gasteiger partial charge on any atom is -0.593 e. The van der Waals surface area contributed by atoms with Gasteiger partial charge < -0.3 is 9.66 Å². The minimum absolute atomic E-state index is 0.279. The summed E-state index contributed by atoms with van der Waals surface area (Å²) < 4.78 is 14.1. The minimum atomic E-state index is -1.54. The average molecular weight is 374 g/mol. The van der Waals surface area contributed by atoms with Gasteiger partial charge in [-0.25, -0.2) is 4.79 Å². The van der Waals surface area contributed by atoms with Gasteiger partial charge in [0.05, 0.1) is 11.4 Å². The standard InChI is InChI=1S/C16H23NO3S3/c1-11(2)4-7-13-10-21-16(22-13,15(18)19)17-23(20)14-8-5-12(3)6-9-14/h5-6,8-9,11,13,17H,4,7,10H2,1-3H3,(H,18,19)/t13?,16-,23-/m0/s1. The van der Waals surface area contributed by atoms with Crippen molar-refractivity contribution in [3.05, 3.63) is 29.8 Å². The molecule has 2 N–H and O–H groups in total. The topological polar surface area (TPSA) is 72.4 Å². The number of hydrogen-bond donors (Lipinski definition) is 2. The van der Waals surface area contributed by atoms with E-state index in [4.69, 9.17) is 0 Å². The molecule has 4 nitrogen and oxygen atoms in total. The molecule has 1 heterocycles. The number of carbonyl (C=O) groups is 1. The van der Waals surface area contributed by atoms with Crippen LogP contribution in [0.15, 0.2) is 29.2 Å². The lowest BCUT2D eigenvalue weighted by Gasteiger charge is -2.24. The highest BCUT2D eigenvalue weighted by molar-refractivity contribution is 8.23. The van der Waals surface area contributed by atoms with Gasteiger partial charge in [-0.05, 0) is 37.8 Å². The van der Waals surface area contributed by atoms with E-state index in [9.17, 15) is 14.5 Å². The molecule has 1 aliphatic rings. The number of carboxylic acids is 1. The Hall–Kier alpha value is -0.340. The molecule has 2 rings (SSSR count). The van der Waals surface area contributed by atoms with Gasteiger partial charge in [0.2, 0.25) is 0 Å². The zero-order chi connectivity index (χ0) is 17.0. The van der Waals surface area contributed by atoms with Gasteiger partial charge in [0.15, 0.2) is 4.90 Å². The highest BCUT2D eigenvalue weighted by atomic mass is 32.2. The van der Waals surface area contributed by atoms with E-state index in [-0.39, 0.29) is 5.25 Å². The average Bonchev–Trinajstić information content (AvgIpc) is 2.90. The van der Waals surface area contributed by atoms with E-state index in [0.717, 1.165) is 24.2 Å². The van der Waals surface area contributed by atoms with Crippen molar-refractivity contribution >= 4 is 40.9 Å². The fraction of sp³-hybridized carbons (Fsp3) is 0.562. The van der Waals surface area contributed by atoms with Crippen molar-refractivity contribution in [2.24, 2.45) is 5.92 Å². The molecule has 1 saturated heterocycles. The summed E-state index contributed by atoms with van der Waals surface area (Å²) in [5.41, 5.74) is 1.08. The SMILES string of the molecule is Cc1ccc([S@+]([O-])N[C@@]2(C(=O)O)SCC(CCC(C)C)S2)cc1. The monoisotopic (exact) mass is 373 g/mol. The van der Waals surface area contributed by atoms with Crippen molar-refractivity contribution in [3.63, 3.8) is 0 Å². The molecule has 0 saturated carbocycles. The molecule has 3 atom stereocenters. The molecule has 7 heteroatoms. The number of thioether (sulfide) groups is 2. The molecule has 0 aliphatic carbocycles. The van der Waals surface area contributed by atoms with Crippen LogP contribution in [0, 0.1) is 12.8 Å². The second-order valence-corrected chi connectivity index (χ2v) is 10.3.